The monoisotopic (exact) mass is 499 g/mol. The van der Waals surface area contributed by atoms with Crippen LogP contribution in [-0.2, 0) is 24.2 Å². The molecule has 0 saturated carbocycles. The van der Waals surface area contributed by atoms with Crippen LogP contribution in [0.4, 0.5) is 5.69 Å². The molecule has 0 radical (unpaired) electrons. The average Bonchev–Trinajstić information content (AvgIpc) is 3.27. The Balaban J connectivity index is 1.42. The number of carboxylic acids is 1. The van der Waals surface area contributed by atoms with Crippen LogP contribution in [-0.4, -0.2) is 28.6 Å². The van der Waals surface area contributed by atoms with Gasteiger partial charge in [-0.1, -0.05) is 30.3 Å². The number of carboxylic acid groups (broad SMARTS) is 1. The third-order valence-corrected chi connectivity index (χ3v) is 5.90. The van der Waals surface area contributed by atoms with Crippen LogP contribution in [0.3, 0.4) is 0 Å². The Morgan fingerprint density at radius 1 is 1.00 bits per heavy atom. The molecule has 0 aliphatic heterocycles. The van der Waals surface area contributed by atoms with Crippen molar-refractivity contribution < 1.29 is 23.8 Å². The first-order valence-electron chi connectivity index (χ1n) is 12.0. The molecule has 4 N–H and O–H groups in total. The number of ether oxygens (including phenoxy) is 1. The fraction of sp³-hybridized carbons (Fsp3) is 0.207. The Labute approximate surface area is 215 Å². The summed E-state index contributed by atoms with van der Waals surface area (Å²) in [4.78, 5) is 28.3. The van der Waals surface area contributed by atoms with E-state index in [0.717, 1.165) is 28.1 Å². The molecule has 4 aromatic rings. The van der Waals surface area contributed by atoms with E-state index < -0.39 is 5.97 Å². The number of hydrogen-bond acceptors (Lipinski definition) is 6. The molecule has 3 aromatic carbocycles. The van der Waals surface area contributed by atoms with Crippen LogP contribution in [0.1, 0.15) is 39.4 Å². The number of benzene rings is 3. The van der Waals surface area contributed by atoms with Gasteiger partial charge in [-0.15, -0.1) is 0 Å². The lowest BCUT2D eigenvalue weighted by atomic mass is 10.0. The van der Waals surface area contributed by atoms with E-state index in [-0.39, 0.29) is 18.9 Å². The summed E-state index contributed by atoms with van der Waals surface area (Å²) in [6.45, 7) is 2.49. The van der Waals surface area contributed by atoms with E-state index in [0.29, 0.717) is 42.3 Å². The van der Waals surface area contributed by atoms with Crippen molar-refractivity contribution in [2.45, 2.75) is 32.7 Å². The van der Waals surface area contributed by atoms with E-state index in [9.17, 15) is 9.59 Å². The van der Waals surface area contributed by atoms with Crippen molar-refractivity contribution in [3.05, 3.63) is 101 Å². The number of rotatable bonds is 11. The van der Waals surface area contributed by atoms with Gasteiger partial charge in [0, 0.05) is 36.2 Å². The summed E-state index contributed by atoms with van der Waals surface area (Å²) in [7, 11) is 0. The molecule has 0 atom stereocenters. The first kappa shape index (κ1) is 25.5. The Kier molecular flexibility index (Phi) is 8.20. The second kappa shape index (κ2) is 11.9. The standard InChI is InChI=1S/C29H29N3O5/c1-19-26(32-29(37-19)21-6-3-2-4-7-21)14-15-36-25-12-10-20(11-13-27(33)34)23(17-25)18-31-28(35)22-8-5-9-24(30)16-22/h2-10,12,16-17H,11,13-15,18,30H2,1H3,(H,31,35)(H,33,34). The third kappa shape index (κ3) is 6.98. The second-order valence-electron chi connectivity index (χ2n) is 8.62. The van der Waals surface area contributed by atoms with Gasteiger partial charge >= 0.3 is 5.97 Å². The minimum absolute atomic E-state index is 0.00838. The van der Waals surface area contributed by atoms with Crippen molar-refractivity contribution in [3.63, 3.8) is 0 Å². The topological polar surface area (TPSA) is 128 Å². The highest BCUT2D eigenvalue weighted by Gasteiger charge is 2.13. The second-order valence-corrected chi connectivity index (χ2v) is 8.62. The number of carbonyl (C=O) groups excluding carboxylic acids is 1. The molecule has 190 valence electrons. The van der Waals surface area contributed by atoms with Gasteiger partial charge in [-0.05, 0) is 66.9 Å². The molecular weight excluding hydrogens is 470 g/mol. The van der Waals surface area contributed by atoms with Gasteiger partial charge in [-0.25, -0.2) is 4.98 Å². The van der Waals surface area contributed by atoms with Crippen LogP contribution in [0, 0.1) is 6.92 Å². The molecule has 0 fully saturated rings. The first-order chi connectivity index (χ1) is 17.9. The maximum absolute atomic E-state index is 12.6. The van der Waals surface area contributed by atoms with Crippen molar-refractivity contribution in [2.24, 2.45) is 0 Å². The lowest BCUT2D eigenvalue weighted by Gasteiger charge is -2.13. The molecule has 1 amide bonds. The number of anilines is 1. The van der Waals surface area contributed by atoms with Gasteiger partial charge in [0.2, 0.25) is 5.89 Å². The Morgan fingerprint density at radius 2 is 1.81 bits per heavy atom. The molecule has 0 unspecified atom stereocenters. The molecule has 0 aliphatic carbocycles. The minimum Gasteiger partial charge on any atom is -0.493 e. The summed E-state index contributed by atoms with van der Waals surface area (Å²) >= 11 is 0. The fourth-order valence-corrected chi connectivity index (χ4v) is 3.93. The fourth-order valence-electron chi connectivity index (χ4n) is 3.93. The number of nitrogens with zero attached hydrogens (tertiary/aromatic N) is 1. The van der Waals surface area contributed by atoms with Crippen LogP contribution in [0.2, 0.25) is 0 Å². The Morgan fingerprint density at radius 3 is 2.57 bits per heavy atom. The lowest BCUT2D eigenvalue weighted by molar-refractivity contribution is -0.136. The number of aryl methyl sites for hydroxylation is 2. The maximum atomic E-state index is 12.6. The zero-order valence-electron chi connectivity index (χ0n) is 20.6. The summed E-state index contributed by atoms with van der Waals surface area (Å²) in [6.07, 6.45) is 0.898. The van der Waals surface area contributed by atoms with E-state index >= 15 is 0 Å². The predicted octanol–water partition coefficient (Wildman–Crippen LogP) is 4.80. The number of carbonyl (C=O) groups is 2. The molecule has 4 rings (SSSR count). The zero-order chi connectivity index (χ0) is 26.2. The maximum Gasteiger partial charge on any atom is 0.303 e. The van der Waals surface area contributed by atoms with Crippen molar-refractivity contribution in [1.29, 1.82) is 0 Å². The summed E-state index contributed by atoms with van der Waals surface area (Å²) < 4.78 is 11.8. The minimum atomic E-state index is -0.882. The van der Waals surface area contributed by atoms with Crippen LogP contribution in [0.25, 0.3) is 11.5 Å². The van der Waals surface area contributed by atoms with E-state index in [1.807, 2.05) is 55.5 Å². The van der Waals surface area contributed by atoms with Crippen LogP contribution >= 0.6 is 0 Å². The van der Waals surface area contributed by atoms with Gasteiger partial charge in [0.15, 0.2) is 0 Å². The molecule has 0 spiro atoms. The van der Waals surface area contributed by atoms with Gasteiger partial charge in [-0.2, -0.15) is 0 Å². The third-order valence-electron chi connectivity index (χ3n) is 5.90. The molecule has 0 aliphatic rings. The van der Waals surface area contributed by atoms with E-state index in [1.54, 1.807) is 24.3 Å². The van der Waals surface area contributed by atoms with Crippen LogP contribution < -0.4 is 15.8 Å². The van der Waals surface area contributed by atoms with E-state index in [4.69, 9.17) is 20.0 Å². The van der Waals surface area contributed by atoms with Crippen molar-refractivity contribution >= 4 is 17.6 Å². The number of amides is 1. The highest BCUT2D eigenvalue weighted by atomic mass is 16.5. The molecule has 8 heteroatoms. The Hall–Kier alpha value is -4.59. The quantitative estimate of drug-likeness (QED) is 0.253. The Bertz CT molecular complexity index is 1380. The molecule has 1 heterocycles. The predicted molar refractivity (Wildman–Crippen MR) is 140 cm³/mol. The molecular formula is C29H29N3O5. The average molecular weight is 500 g/mol. The summed E-state index contributed by atoms with van der Waals surface area (Å²) in [6, 6.07) is 21.9. The van der Waals surface area contributed by atoms with Crippen molar-refractivity contribution in [2.75, 3.05) is 12.3 Å². The zero-order valence-corrected chi connectivity index (χ0v) is 20.6. The number of nitrogen functional groups attached to an aromatic ring is 1. The summed E-state index contributed by atoms with van der Waals surface area (Å²) in [5.41, 5.74) is 10.1. The number of oxazole rings is 1. The smallest absolute Gasteiger partial charge is 0.303 e. The van der Waals surface area contributed by atoms with Gasteiger partial charge in [-0.3, -0.25) is 9.59 Å². The number of nitrogens with one attached hydrogen (secondary N) is 1. The van der Waals surface area contributed by atoms with E-state index in [1.165, 1.54) is 0 Å². The SMILES string of the molecule is Cc1oc(-c2ccccc2)nc1CCOc1ccc(CCC(=O)O)c(CNC(=O)c2cccc(N)c2)c1. The molecule has 0 saturated heterocycles. The number of aliphatic carboxylic acids is 1. The largest absolute Gasteiger partial charge is 0.493 e. The molecule has 0 bridgehead atoms. The normalized spacial score (nSPS) is 10.7. The van der Waals surface area contributed by atoms with Crippen LogP contribution in [0.15, 0.2) is 77.2 Å². The molecule has 37 heavy (non-hydrogen) atoms. The summed E-state index contributed by atoms with van der Waals surface area (Å²) in [5, 5.41) is 12.0. The van der Waals surface area contributed by atoms with Gasteiger partial charge < -0.3 is 25.3 Å². The van der Waals surface area contributed by atoms with Gasteiger partial charge in [0.25, 0.3) is 5.91 Å². The highest BCUT2D eigenvalue weighted by Crippen LogP contribution is 2.23. The van der Waals surface area contributed by atoms with Crippen LogP contribution in [0.5, 0.6) is 5.75 Å². The van der Waals surface area contributed by atoms with Crippen molar-refractivity contribution in [1.82, 2.24) is 10.3 Å². The lowest BCUT2D eigenvalue weighted by Crippen LogP contribution is -2.23. The van der Waals surface area contributed by atoms with Gasteiger partial charge in [0.1, 0.15) is 11.5 Å². The number of nitrogens with two attached hydrogens (primary N) is 1. The molecule has 1 aromatic heterocycles. The number of hydrogen-bond donors (Lipinski definition) is 3. The first-order valence-corrected chi connectivity index (χ1v) is 12.0. The van der Waals surface area contributed by atoms with Crippen molar-refractivity contribution in [3.8, 4) is 17.2 Å². The molecule has 8 nitrogen and oxygen atoms in total. The number of aromatic nitrogens is 1. The highest BCUT2D eigenvalue weighted by molar-refractivity contribution is 5.94. The van der Waals surface area contributed by atoms with Gasteiger partial charge in [0.05, 0.1) is 12.3 Å². The summed E-state index contributed by atoms with van der Waals surface area (Å²) in [5.74, 6) is 0.800. The van der Waals surface area contributed by atoms with E-state index in [2.05, 4.69) is 10.3 Å².